The molecule has 0 spiro atoms. The summed E-state index contributed by atoms with van der Waals surface area (Å²) in [6, 6.07) is 5.34. The van der Waals surface area contributed by atoms with E-state index in [0.717, 1.165) is 38.2 Å². The van der Waals surface area contributed by atoms with Gasteiger partial charge in [0.25, 0.3) is 0 Å². The van der Waals surface area contributed by atoms with Crippen LogP contribution in [0.3, 0.4) is 0 Å². The maximum Gasteiger partial charge on any atom is 0.0767 e. The third-order valence-electron chi connectivity index (χ3n) is 3.16. The van der Waals surface area contributed by atoms with Gasteiger partial charge in [0.15, 0.2) is 0 Å². The van der Waals surface area contributed by atoms with Gasteiger partial charge in [-0.1, -0.05) is 6.92 Å². The van der Waals surface area contributed by atoms with E-state index in [2.05, 4.69) is 43.9 Å². The van der Waals surface area contributed by atoms with Gasteiger partial charge in [-0.05, 0) is 63.4 Å². The fraction of sp³-hybridized carbons (Fsp3) is 0.357. The Labute approximate surface area is 143 Å². The summed E-state index contributed by atoms with van der Waals surface area (Å²) in [6.45, 7) is 4.85. The van der Waals surface area contributed by atoms with Crippen LogP contribution in [0.5, 0.6) is 0 Å². The summed E-state index contributed by atoms with van der Waals surface area (Å²) in [4.78, 5) is 0.748. The smallest absolute Gasteiger partial charge is 0.0767 e. The molecule has 7 heteroatoms. The second kappa shape index (κ2) is 7.07. The van der Waals surface area contributed by atoms with Crippen molar-refractivity contribution >= 4 is 48.3 Å². The van der Waals surface area contributed by atoms with Crippen LogP contribution in [-0.2, 0) is 29.5 Å². The molecular formula is C14H17Br2N3OS. The van der Waals surface area contributed by atoms with Gasteiger partial charge in [-0.3, -0.25) is 8.89 Å². The number of aryl methyl sites for hydroxylation is 2. The molecule has 2 N–H and O–H groups in total. The lowest BCUT2D eigenvalue weighted by Crippen LogP contribution is -2.07. The van der Waals surface area contributed by atoms with Gasteiger partial charge >= 0.3 is 0 Å². The molecule has 2 aromatic rings. The summed E-state index contributed by atoms with van der Waals surface area (Å²) < 4.78 is 16.3. The predicted molar refractivity (Wildman–Crippen MR) is 93.6 cm³/mol. The first-order valence-corrected chi connectivity index (χ1v) is 9.55. The van der Waals surface area contributed by atoms with E-state index < -0.39 is 10.8 Å². The Morgan fingerprint density at radius 1 is 1.33 bits per heavy atom. The van der Waals surface area contributed by atoms with Gasteiger partial charge in [0.05, 0.1) is 37.3 Å². The highest BCUT2D eigenvalue weighted by Crippen LogP contribution is 2.28. The van der Waals surface area contributed by atoms with Crippen molar-refractivity contribution in [1.29, 1.82) is 0 Å². The van der Waals surface area contributed by atoms with E-state index in [1.54, 1.807) is 18.2 Å². The lowest BCUT2D eigenvalue weighted by Gasteiger charge is -2.08. The molecule has 0 aliphatic rings. The summed E-state index contributed by atoms with van der Waals surface area (Å²) in [5, 5.41) is 4.53. The fourth-order valence-corrected chi connectivity index (χ4v) is 5.08. The first-order valence-electron chi connectivity index (χ1n) is 6.65. The number of hydrogen-bond donors (Lipinski definition) is 1. The van der Waals surface area contributed by atoms with Crippen LogP contribution >= 0.6 is 31.9 Å². The minimum atomic E-state index is -1.16. The Hall–Kier alpha value is -0.660. The normalized spacial score (nSPS) is 12.6. The number of hydrogen-bond acceptors (Lipinski definition) is 3. The number of nitrogen functional groups attached to an aromatic ring is 1. The zero-order valence-corrected chi connectivity index (χ0v) is 15.9. The zero-order chi connectivity index (χ0) is 15.6. The van der Waals surface area contributed by atoms with Crippen molar-refractivity contribution in [2.24, 2.45) is 0 Å². The number of rotatable bonds is 5. The Bertz CT molecular complexity index is 685. The number of nitrogens with zero attached hydrogens (tertiary/aromatic N) is 2. The summed E-state index contributed by atoms with van der Waals surface area (Å²) in [5.41, 5.74) is 8.34. The van der Waals surface area contributed by atoms with Crippen molar-refractivity contribution in [3.8, 4) is 0 Å². The van der Waals surface area contributed by atoms with Crippen molar-refractivity contribution < 1.29 is 4.21 Å². The SMILES string of the molecule is CCc1nn(CC)c(CS(=O)c2ccc(N)cc2Br)c1Br. The molecule has 0 amide bonds. The molecule has 1 aromatic heterocycles. The second-order valence-electron chi connectivity index (χ2n) is 4.56. The maximum absolute atomic E-state index is 12.6. The van der Waals surface area contributed by atoms with E-state index in [9.17, 15) is 4.21 Å². The lowest BCUT2D eigenvalue weighted by molar-refractivity contribution is 0.623. The largest absolute Gasteiger partial charge is 0.399 e. The molecular weight excluding hydrogens is 418 g/mol. The molecule has 0 saturated heterocycles. The third-order valence-corrected chi connectivity index (χ3v) is 6.38. The molecule has 114 valence electrons. The number of aromatic nitrogens is 2. The standard InChI is InChI=1S/C14H17Br2N3OS/c1-3-11-14(16)12(19(4-2)18-11)8-21(20)13-6-5-9(17)7-10(13)15/h5-7H,3-4,8,17H2,1-2H3. The van der Waals surface area contributed by atoms with E-state index in [0.29, 0.717) is 11.4 Å². The van der Waals surface area contributed by atoms with Crippen LogP contribution in [0.4, 0.5) is 5.69 Å². The Morgan fingerprint density at radius 2 is 2.05 bits per heavy atom. The first-order chi connectivity index (χ1) is 9.97. The van der Waals surface area contributed by atoms with E-state index in [1.807, 2.05) is 11.6 Å². The molecule has 0 bridgehead atoms. The number of anilines is 1. The molecule has 4 nitrogen and oxygen atoms in total. The molecule has 1 unspecified atom stereocenters. The molecule has 0 radical (unpaired) electrons. The lowest BCUT2D eigenvalue weighted by atomic mass is 10.3. The van der Waals surface area contributed by atoms with Crippen LogP contribution in [0.15, 0.2) is 32.0 Å². The van der Waals surface area contributed by atoms with Crippen LogP contribution in [0.1, 0.15) is 25.2 Å². The summed E-state index contributed by atoms with van der Waals surface area (Å²) in [7, 11) is -1.16. The second-order valence-corrected chi connectivity index (χ2v) is 7.62. The number of benzene rings is 1. The monoisotopic (exact) mass is 433 g/mol. The quantitative estimate of drug-likeness (QED) is 0.726. The third kappa shape index (κ3) is 3.57. The highest BCUT2D eigenvalue weighted by Gasteiger charge is 2.18. The van der Waals surface area contributed by atoms with Gasteiger partial charge in [-0.2, -0.15) is 5.10 Å². The molecule has 0 aliphatic heterocycles. The van der Waals surface area contributed by atoms with Gasteiger partial charge in [0.1, 0.15) is 0 Å². The van der Waals surface area contributed by atoms with E-state index >= 15 is 0 Å². The van der Waals surface area contributed by atoms with E-state index in [4.69, 9.17) is 5.73 Å². The molecule has 0 saturated carbocycles. The zero-order valence-electron chi connectivity index (χ0n) is 11.9. The Kier molecular flexibility index (Phi) is 5.62. The molecule has 1 aromatic carbocycles. The van der Waals surface area contributed by atoms with Gasteiger partial charge in [0, 0.05) is 16.7 Å². The Morgan fingerprint density at radius 3 is 2.62 bits per heavy atom. The fourth-order valence-electron chi connectivity index (χ4n) is 2.06. The van der Waals surface area contributed by atoms with Gasteiger partial charge in [0.2, 0.25) is 0 Å². The molecule has 21 heavy (non-hydrogen) atoms. The van der Waals surface area contributed by atoms with Crippen molar-refractivity contribution in [3.05, 3.63) is 38.5 Å². The highest BCUT2D eigenvalue weighted by molar-refractivity contribution is 9.10. The number of nitrogens with two attached hydrogens (primary N) is 1. The van der Waals surface area contributed by atoms with Crippen LogP contribution in [0, 0.1) is 0 Å². The predicted octanol–water partition coefficient (Wildman–Crippen LogP) is 3.88. The molecule has 1 atom stereocenters. The maximum atomic E-state index is 12.6. The molecule has 0 aliphatic carbocycles. The van der Waals surface area contributed by atoms with Crippen LogP contribution in [0.25, 0.3) is 0 Å². The average Bonchev–Trinajstić information content (AvgIpc) is 2.75. The van der Waals surface area contributed by atoms with Gasteiger partial charge in [-0.25, -0.2) is 0 Å². The van der Waals surface area contributed by atoms with Crippen molar-refractivity contribution in [1.82, 2.24) is 9.78 Å². The summed E-state index contributed by atoms with van der Waals surface area (Å²) in [5.74, 6) is 0.421. The minimum absolute atomic E-state index is 0.421. The number of halogens is 2. The van der Waals surface area contributed by atoms with Crippen LogP contribution in [-0.4, -0.2) is 14.0 Å². The summed E-state index contributed by atoms with van der Waals surface area (Å²) in [6.07, 6.45) is 0.846. The van der Waals surface area contributed by atoms with Crippen LogP contribution < -0.4 is 5.73 Å². The van der Waals surface area contributed by atoms with Crippen LogP contribution in [0.2, 0.25) is 0 Å². The summed E-state index contributed by atoms with van der Waals surface area (Å²) >= 11 is 7.01. The van der Waals surface area contributed by atoms with Crippen molar-refractivity contribution in [3.63, 3.8) is 0 Å². The highest BCUT2D eigenvalue weighted by atomic mass is 79.9. The minimum Gasteiger partial charge on any atom is -0.399 e. The molecule has 0 fully saturated rings. The van der Waals surface area contributed by atoms with Crippen molar-refractivity contribution in [2.75, 3.05) is 5.73 Å². The van der Waals surface area contributed by atoms with Gasteiger partial charge < -0.3 is 5.73 Å². The molecule has 1 heterocycles. The molecule has 2 rings (SSSR count). The van der Waals surface area contributed by atoms with E-state index in [-0.39, 0.29) is 0 Å². The Balaban J connectivity index is 2.33. The van der Waals surface area contributed by atoms with E-state index in [1.165, 1.54) is 0 Å². The topological polar surface area (TPSA) is 60.9 Å². The first kappa shape index (κ1) is 16.7. The average molecular weight is 435 g/mol. The van der Waals surface area contributed by atoms with Gasteiger partial charge in [-0.15, -0.1) is 0 Å². The van der Waals surface area contributed by atoms with Crippen molar-refractivity contribution in [2.45, 2.75) is 37.5 Å².